The molecule has 0 bridgehead atoms. The van der Waals surface area contributed by atoms with Crippen molar-refractivity contribution < 1.29 is 19.2 Å². The lowest BCUT2D eigenvalue weighted by Gasteiger charge is -2.32. The second-order valence-electron chi connectivity index (χ2n) is 20.3. The SMILES string of the molecule is Cc1n[nH]c(C)c1-c1ccc(NC(=O)[C@H](NC(=O)c2cc(Cc3n[nH]c(C)c3-c3ccc(NC(=O)[C@@H](NC(=O)c4ccnn4C(C)C)C4CCC(C)CC4)cn3)nn2C(C)C)C2CCC(C)CC2)cn1. The molecule has 0 aliphatic heterocycles. The van der Waals surface area contributed by atoms with Crippen molar-refractivity contribution >= 4 is 35.0 Å². The number of aromatic amines is 2. The molecule has 0 spiro atoms. The lowest BCUT2D eigenvalue weighted by Crippen LogP contribution is -2.49. The highest BCUT2D eigenvalue weighted by atomic mass is 16.2. The molecule has 0 saturated heterocycles. The number of nitrogens with zero attached hydrogens (tertiary/aromatic N) is 8. The van der Waals surface area contributed by atoms with Crippen LogP contribution in [0.3, 0.4) is 0 Å². The highest BCUT2D eigenvalue weighted by Crippen LogP contribution is 2.34. The van der Waals surface area contributed by atoms with Gasteiger partial charge in [0.25, 0.3) is 11.8 Å². The number of carbonyl (C=O) groups excluding carboxylic acids is 4. The van der Waals surface area contributed by atoms with E-state index >= 15 is 0 Å². The second-order valence-corrected chi connectivity index (χ2v) is 20.3. The summed E-state index contributed by atoms with van der Waals surface area (Å²) in [4.78, 5) is 65.6. The van der Waals surface area contributed by atoms with Crippen LogP contribution in [0.4, 0.5) is 11.4 Å². The van der Waals surface area contributed by atoms with Gasteiger partial charge in [-0.1, -0.05) is 39.5 Å². The van der Waals surface area contributed by atoms with Crippen LogP contribution < -0.4 is 21.3 Å². The molecule has 8 rings (SSSR count). The van der Waals surface area contributed by atoms with Crippen molar-refractivity contribution in [2.75, 3.05) is 10.6 Å². The van der Waals surface area contributed by atoms with E-state index in [4.69, 9.17) is 10.1 Å². The summed E-state index contributed by atoms with van der Waals surface area (Å²) in [6, 6.07) is 9.08. The summed E-state index contributed by atoms with van der Waals surface area (Å²) in [6.07, 6.45) is 12.4. The molecule has 0 unspecified atom stereocenters. The van der Waals surface area contributed by atoms with Crippen molar-refractivity contribution in [2.45, 2.75) is 144 Å². The monoisotopic (exact) mass is 953 g/mol. The highest BCUT2D eigenvalue weighted by molar-refractivity contribution is 6.02. The number of nitrogens with one attached hydrogen (secondary N) is 6. The minimum absolute atomic E-state index is 0.0129. The lowest BCUT2D eigenvalue weighted by molar-refractivity contribution is -0.120. The zero-order valence-corrected chi connectivity index (χ0v) is 41.9. The van der Waals surface area contributed by atoms with E-state index in [2.05, 4.69) is 65.6 Å². The first-order valence-corrected chi connectivity index (χ1v) is 24.9. The van der Waals surface area contributed by atoms with Gasteiger partial charge >= 0.3 is 0 Å². The van der Waals surface area contributed by atoms with Crippen LogP contribution in [-0.4, -0.2) is 85.6 Å². The third kappa shape index (κ3) is 11.1. The normalized spacial score (nSPS) is 19.2. The molecule has 0 aromatic carbocycles. The number of rotatable bonds is 16. The summed E-state index contributed by atoms with van der Waals surface area (Å²) in [5, 5.41) is 36.5. The molecule has 0 radical (unpaired) electrons. The summed E-state index contributed by atoms with van der Waals surface area (Å²) >= 11 is 0. The number of pyridine rings is 2. The van der Waals surface area contributed by atoms with E-state index in [1.165, 1.54) is 0 Å². The average Bonchev–Trinajstić information content (AvgIpc) is 4.15. The number of hydrogen-bond acceptors (Lipinski definition) is 10. The quantitative estimate of drug-likeness (QED) is 0.0541. The van der Waals surface area contributed by atoms with Crippen LogP contribution in [-0.2, 0) is 16.0 Å². The Morgan fingerprint density at radius 2 is 1.14 bits per heavy atom. The molecular weight excluding hydrogens is 885 g/mol. The van der Waals surface area contributed by atoms with Gasteiger partial charge in [-0.25, -0.2) is 0 Å². The van der Waals surface area contributed by atoms with Gasteiger partial charge < -0.3 is 21.3 Å². The van der Waals surface area contributed by atoms with E-state index in [1.807, 2.05) is 66.7 Å². The molecule has 6 aromatic rings. The van der Waals surface area contributed by atoms with Gasteiger partial charge in [0.15, 0.2) is 0 Å². The zero-order valence-electron chi connectivity index (χ0n) is 41.9. The van der Waals surface area contributed by atoms with Gasteiger partial charge in [0.1, 0.15) is 23.5 Å². The third-order valence-electron chi connectivity index (χ3n) is 14.2. The van der Waals surface area contributed by atoms with Gasteiger partial charge in [-0.15, -0.1) is 0 Å². The van der Waals surface area contributed by atoms with E-state index < -0.39 is 12.1 Å². The van der Waals surface area contributed by atoms with E-state index in [9.17, 15) is 19.2 Å². The Bertz CT molecular complexity index is 2760. The molecule has 2 aliphatic rings. The van der Waals surface area contributed by atoms with Gasteiger partial charge in [0, 0.05) is 47.2 Å². The number of anilines is 2. The first-order valence-electron chi connectivity index (χ1n) is 24.9. The fourth-order valence-electron chi connectivity index (χ4n) is 10.2. The number of aromatic nitrogens is 10. The highest BCUT2D eigenvalue weighted by Gasteiger charge is 2.36. The topological polar surface area (TPSA) is 235 Å². The predicted molar refractivity (Wildman–Crippen MR) is 268 cm³/mol. The molecule has 2 saturated carbocycles. The van der Waals surface area contributed by atoms with Crippen molar-refractivity contribution in [3.8, 4) is 22.5 Å². The summed E-state index contributed by atoms with van der Waals surface area (Å²) in [5.74, 6) is -0.235. The Morgan fingerprint density at radius 1 is 0.643 bits per heavy atom. The average molecular weight is 953 g/mol. The molecular formula is C52H68N14O4. The summed E-state index contributed by atoms with van der Waals surface area (Å²) in [5.41, 5.74) is 8.76. The van der Waals surface area contributed by atoms with Crippen LogP contribution in [0, 0.1) is 44.4 Å². The zero-order chi connectivity index (χ0) is 49.8. The van der Waals surface area contributed by atoms with E-state index in [0.29, 0.717) is 58.1 Å². The predicted octanol–water partition coefficient (Wildman–Crippen LogP) is 8.45. The molecule has 70 heavy (non-hydrogen) atoms. The molecule has 370 valence electrons. The second kappa shape index (κ2) is 21.3. The molecule has 6 heterocycles. The maximum Gasteiger partial charge on any atom is 0.270 e. The van der Waals surface area contributed by atoms with E-state index in [1.54, 1.807) is 46.2 Å². The molecule has 18 heteroatoms. The minimum Gasteiger partial charge on any atom is -0.339 e. The van der Waals surface area contributed by atoms with Crippen LogP contribution >= 0.6 is 0 Å². The van der Waals surface area contributed by atoms with Crippen LogP contribution in [0.25, 0.3) is 22.5 Å². The number of aryl methyl sites for hydroxylation is 3. The number of amides is 4. The fraction of sp³-hybridized carbons (Fsp3) is 0.500. The van der Waals surface area contributed by atoms with Crippen molar-refractivity contribution in [3.63, 3.8) is 0 Å². The van der Waals surface area contributed by atoms with Crippen molar-refractivity contribution in [1.29, 1.82) is 0 Å². The first-order chi connectivity index (χ1) is 33.5. The number of H-pyrrole nitrogens is 2. The molecule has 2 aliphatic carbocycles. The maximum atomic E-state index is 14.4. The largest absolute Gasteiger partial charge is 0.339 e. The van der Waals surface area contributed by atoms with Gasteiger partial charge in [0.2, 0.25) is 11.8 Å². The smallest absolute Gasteiger partial charge is 0.270 e. The molecule has 18 nitrogen and oxygen atoms in total. The Hall–Kier alpha value is -6.98. The Labute approximate surface area is 409 Å². The van der Waals surface area contributed by atoms with Crippen LogP contribution in [0.5, 0.6) is 0 Å². The Morgan fingerprint density at radius 3 is 1.63 bits per heavy atom. The van der Waals surface area contributed by atoms with Crippen molar-refractivity contribution in [2.24, 2.45) is 23.7 Å². The van der Waals surface area contributed by atoms with Crippen molar-refractivity contribution in [3.05, 3.63) is 94.8 Å². The molecule has 6 N–H and O–H groups in total. The van der Waals surface area contributed by atoms with Gasteiger partial charge in [0.05, 0.1) is 52.2 Å². The fourth-order valence-corrected chi connectivity index (χ4v) is 10.2. The standard InChI is InChI=1S/C52H68N14O4/c1-28(2)65-43(22-23-55-65)49(67)58-47(35-14-10-30(5)11-15-35)51(69)57-38-19-21-41(54-27-38)46-34(9)62-63-42(46)24-39-25-44(66(64-39)29(3)4)50(68)59-48(36-16-12-31(6)13-17-36)52(70)56-37-18-20-40(53-26-37)45-32(7)60-61-33(45)8/h18-23,25-31,35-36,47-48H,10-17,24H2,1-9H3,(H,56,70)(H,57,69)(H,58,67)(H,59,68)(H,60,61)(H,62,63)/t30?,31?,35?,36?,47-,48+/m0/s1. The summed E-state index contributed by atoms with van der Waals surface area (Å²) in [6.45, 7) is 18.1. The summed E-state index contributed by atoms with van der Waals surface area (Å²) < 4.78 is 3.36. The van der Waals surface area contributed by atoms with Crippen molar-refractivity contribution in [1.82, 2.24) is 60.6 Å². The van der Waals surface area contributed by atoms with Crippen LogP contribution in [0.1, 0.15) is 154 Å². The molecule has 2 atom stereocenters. The maximum absolute atomic E-state index is 14.4. The van der Waals surface area contributed by atoms with E-state index in [-0.39, 0.29) is 47.5 Å². The Kier molecular flexibility index (Phi) is 15.1. The van der Waals surface area contributed by atoms with Crippen LogP contribution in [0.2, 0.25) is 0 Å². The van der Waals surface area contributed by atoms with Gasteiger partial charge in [-0.05, 0) is 134 Å². The third-order valence-corrected chi connectivity index (χ3v) is 14.2. The van der Waals surface area contributed by atoms with Gasteiger partial charge in [-0.3, -0.25) is 48.7 Å². The summed E-state index contributed by atoms with van der Waals surface area (Å²) in [7, 11) is 0. The van der Waals surface area contributed by atoms with Crippen LogP contribution in [0.15, 0.2) is 55.0 Å². The lowest BCUT2D eigenvalue weighted by atomic mass is 9.79. The number of hydrogen-bond donors (Lipinski definition) is 6. The first kappa shape index (κ1) is 49.4. The van der Waals surface area contributed by atoms with E-state index in [0.717, 1.165) is 85.3 Å². The Balaban J connectivity index is 0.969. The minimum atomic E-state index is -0.780. The molecule has 2 fully saturated rings. The molecule has 6 aromatic heterocycles. The molecule has 4 amide bonds. The number of carbonyl (C=O) groups is 4. The van der Waals surface area contributed by atoms with Gasteiger partial charge in [-0.2, -0.15) is 20.4 Å².